The van der Waals surface area contributed by atoms with Crippen LogP contribution in [0.25, 0.3) is 0 Å². The maximum absolute atomic E-state index is 12.7. The number of benzene rings is 11. The molecule has 708 valence electrons. The molecule has 3 unspecified atom stereocenters. The van der Waals surface area contributed by atoms with Crippen molar-refractivity contribution in [3.05, 3.63) is 357 Å². The van der Waals surface area contributed by atoms with Crippen LogP contribution < -0.4 is 72.0 Å². The number of imidazole rings is 2. The van der Waals surface area contributed by atoms with Gasteiger partial charge in [-0.3, -0.25) is 38.8 Å². The Bertz CT molecular complexity index is 6530. The van der Waals surface area contributed by atoms with Crippen molar-refractivity contribution in [3.8, 4) is 74.7 Å². The quantitative estimate of drug-likeness (QED) is 0.0141. The molecule has 2 aromatic heterocycles. The summed E-state index contributed by atoms with van der Waals surface area (Å²) in [6.45, 7) is 7.47. The fourth-order valence-corrected chi connectivity index (χ4v) is 17.3. The van der Waals surface area contributed by atoms with E-state index in [4.69, 9.17) is 123 Å². The third-order valence-corrected chi connectivity index (χ3v) is 22.4. The highest BCUT2D eigenvalue weighted by Crippen LogP contribution is 2.61. The summed E-state index contributed by atoms with van der Waals surface area (Å²) in [5.74, 6) is -4.59. The number of allylic oxidation sites excluding steroid dienone is 2. The zero-order chi connectivity index (χ0) is 94.1. The average Bonchev–Trinajstić information content (AvgIpc) is 1.53. The van der Waals surface area contributed by atoms with E-state index in [0.717, 1.165) is 50.1 Å². The molecule has 0 bridgehead atoms. The summed E-state index contributed by atoms with van der Waals surface area (Å²) in [6.07, 6.45) is 10.7. The fourth-order valence-electron chi connectivity index (χ4n) is 14.7. The standard InChI is InChI=1S/C21H14O4.C20H14O11P2.C20H12O5.C14H4Cl6O4.C10H10N4O2.C5H7N.CH4.4H3N.H2O2/c1-12-6-8-16-18(10-12)24-19-11-13(22)7-9-17(19)21(16)15-5-3-2-4-14(15)20(23)25-21;21-19-13-3-1-2-4-14(13)20(29-19)15-7-5-11(30-32(22,23)24)9-17(15)28-18-10-12(6-8-16(18)20)31-33(25,26)27;21-11-5-7-15-17(9-11)24-18-10-12(22)6-8-16(18)20(15)14-4-2-1-3-13(14)19(23)25-20;15-5-1-7(17)11(8(18)2-5)23-13(21)14(22)24-12-9(19)3-6(16)4-10(12)20;1-7-3-13(5-11-7)9(15)10(16)14-4-8(2)12-6-14;1-5-3-2-4-6-5;;;;;;1-2/h2-11,22H,1H3;1-10H,(H2,22,23,24)(H2,25,26,27);1-10,21-22H;1-4H;3-6H,1-2H3;3-4H,2H2,1H3;1H4;4*1H3;1-2H/p+1. The molecule has 20 rings (SSSR count). The van der Waals surface area contributed by atoms with Crippen molar-refractivity contribution in [2.45, 2.75) is 58.3 Å². The number of aromatic nitrogens is 4. The second-order valence-corrected chi connectivity index (χ2v) is 33.3. The van der Waals surface area contributed by atoms with E-state index in [1.165, 1.54) is 97.8 Å². The van der Waals surface area contributed by atoms with Gasteiger partial charge >= 0.3 is 49.5 Å². The van der Waals surface area contributed by atoms with Crippen molar-refractivity contribution < 1.29 is 135 Å². The normalized spacial score (nSPS) is 15.3. The summed E-state index contributed by atoms with van der Waals surface area (Å²) in [6, 6.07) is 54.0. The minimum Gasteiger partial charge on any atom is -0.780 e. The van der Waals surface area contributed by atoms with E-state index < -0.39 is 68.1 Å². The summed E-state index contributed by atoms with van der Waals surface area (Å²) >= 11 is 34.9. The lowest BCUT2D eigenvalue weighted by Gasteiger charge is -2.37. The number of aromatic hydroxyl groups is 3. The predicted octanol–water partition coefficient (Wildman–Crippen LogP) is 19.6. The number of carbonyl (C=O) groups is 7. The Morgan fingerprint density at radius 2 is 0.735 bits per heavy atom. The molecule has 45 heteroatoms. The third-order valence-electron chi connectivity index (χ3n) is 20.0. The molecule has 3 spiro atoms. The number of fused-ring (bicyclic) bond motifs is 18. The number of hydrogen-bond donors (Lipinski definition) is 10. The van der Waals surface area contributed by atoms with Crippen molar-refractivity contribution in [1.82, 2.24) is 43.7 Å². The summed E-state index contributed by atoms with van der Waals surface area (Å²) < 4.78 is 78.5. The van der Waals surface area contributed by atoms with Gasteiger partial charge in [0.25, 0.3) is 0 Å². The molecule has 7 aliphatic rings. The van der Waals surface area contributed by atoms with Crippen molar-refractivity contribution in [2.75, 3.05) is 0 Å². The molecule has 9 heterocycles. The molecule has 0 aliphatic carbocycles. The lowest BCUT2D eigenvalue weighted by Crippen LogP contribution is -2.33. The number of phenolic OH excluding ortho intramolecular Hbond substituents is 3. The summed E-state index contributed by atoms with van der Waals surface area (Å²) in [5.41, 5.74) is 6.43. The van der Waals surface area contributed by atoms with Gasteiger partial charge in [0, 0.05) is 121 Å². The number of aliphatic imine (C=N–C) groups is 1. The molecule has 22 N–H and O–H groups in total. The Morgan fingerprint density at radius 3 is 1.03 bits per heavy atom. The Labute approximate surface area is 801 Å². The minimum atomic E-state index is -5.37. The summed E-state index contributed by atoms with van der Waals surface area (Å²) in [5, 5.41) is 41.8. The van der Waals surface area contributed by atoms with Gasteiger partial charge in [0.05, 0.1) is 48.2 Å². The van der Waals surface area contributed by atoms with E-state index in [1.54, 1.807) is 86.6 Å². The second kappa shape index (κ2) is 42.8. The van der Waals surface area contributed by atoms with E-state index in [9.17, 15) is 72.7 Å². The topological polar surface area (TPSA) is 630 Å². The van der Waals surface area contributed by atoms with Gasteiger partial charge in [-0.05, 0) is 142 Å². The van der Waals surface area contributed by atoms with Crippen molar-refractivity contribution in [1.29, 1.82) is 0 Å². The molecule has 136 heavy (non-hydrogen) atoms. The molecular formula is C91H80Cl6N9O28P2+. The first kappa shape index (κ1) is 106. The molecule has 7 aliphatic heterocycles. The van der Waals surface area contributed by atoms with E-state index in [1.807, 2.05) is 68.6 Å². The first-order chi connectivity index (χ1) is 62.3. The number of carbonyl (C=O) groups excluding carboxylic acids is 7. The van der Waals surface area contributed by atoms with Gasteiger partial charge in [0.15, 0.2) is 28.3 Å². The van der Waals surface area contributed by atoms with Crippen LogP contribution >= 0.6 is 85.3 Å². The van der Waals surface area contributed by atoms with Gasteiger partial charge in [-0.2, -0.15) is 0 Å². The number of phosphoric acid groups is 2. The maximum Gasteiger partial charge on any atom is 0.423 e. The van der Waals surface area contributed by atoms with Crippen molar-refractivity contribution in [3.63, 3.8) is 0 Å². The van der Waals surface area contributed by atoms with Gasteiger partial charge in [0.1, 0.15) is 83.7 Å². The number of ether oxygens (including phenoxy) is 8. The Hall–Kier alpha value is -13.9. The highest BCUT2D eigenvalue weighted by atomic mass is 35.5. The minimum absolute atomic E-state index is 0. The summed E-state index contributed by atoms with van der Waals surface area (Å²) in [4.78, 5) is 139. The molecule has 37 nitrogen and oxygen atoms in total. The zero-order valence-corrected chi connectivity index (χ0v) is 77.7. The summed E-state index contributed by atoms with van der Waals surface area (Å²) in [7, 11) is -10.5. The van der Waals surface area contributed by atoms with Crippen LogP contribution in [0.2, 0.25) is 30.1 Å². The second-order valence-electron chi connectivity index (χ2n) is 28.6. The highest BCUT2D eigenvalue weighted by molar-refractivity contribution is 7.45. The van der Waals surface area contributed by atoms with Gasteiger partial charge in [-0.15, -0.1) is 0 Å². The van der Waals surface area contributed by atoms with Gasteiger partial charge in [-0.25, -0.2) is 33.9 Å². The van der Waals surface area contributed by atoms with E-state index >= 15 is 0 Å². The third kappa shape index (κ3) is 21.6. The van der Waals surface area contributed by atoms with Crippen molar-refractivity contribution >= 4 is 133 Å². The van der Waals surface area contributed by atoms with Crippen LogP contribution in [0.1, 0.15) is 128 Å². The van der Waals surface area contributed by atoms with Crippen LogP contribution in [0.4, 0.5) is 0 Å². The molecule has 0 radical (unpaired) electrons. The number of halogens is 6. The number of hydrogen-bond acceptors (Lipinski definition) is 30. The van der Waals surface area contributed by atoms with Crippen molar-refractivity contribution in [2.24, 2.45) is 4.99 Å². The zero-order valence-electron chi connectivity index (χ0n) is 71.4. The maximum atomic E-state index is 12.7. The van der Waals surface area contributed by atoms with Crippen LogP contribution in [0.3, 0.4) is 0 Å². The van der Waals surface area contributed by atoms with E-state index in [-0.39, 0.29) is 125 Å². The molecule has 0 fully saturated rings. The smallest absolute Gasteiger partial charge is 0.423 e. The van der Waals surface area contributed by atoms with Gasteiger partial charge in [0.2, 0.25) is 0 Å². The molecule has 11 aromatic carbocycles. The molecule has 13 aromatic rings. The largest absolute Gasteiger partial charge is 0.780 e. The Kier molecular flexibility index (Phi) is 33.3. The molecule has 0 amide bonds. The first-order valence-corrected chi connectivity index (χ1v) is 43.1. The van der Waals surface area contributed by atoms with E-state index in [0.29, 0.717) is 84.5 Å². The lowest BCUT2D eigenvalue weighted by molar-refractivity contribution is -0.333. The fraction of sp³-hybridized carbons (Fsp3) is 0.0989. The van der Waals surface area contributed by atoms with Gasteiger partial charge in [-0.1, -0.05) is 150 Å². The van der Waals surface area contributed by atoms with Crippen LogP contribution in [0, 0.1) is 20.8 Å². The van der Waals surface area contributed by atoms with Crippen LogP contribution in [0.5, 0.6) is 74.7 Å². The SMILES string of the molecule is C.CC1=CCC=N1.Cc1ccc2c(c1)Oc1cc(O)ccc1C21OC(=O)c2ccccc21.Cc1cn(C(=O)C(=O)n2cnc(C)c2)cn1.O=C(Oc1c(Cl)cc(Cl)cc1Cl)C(=O)Oc1c(Cl)cc(Cl)cc1Cl.O=C1OC2(c3ccc(O)cc3Oc3cc(O)ccc32)c2ccccc21.O=C1OC2(c3ccc(OP(=O)([O-])[O-])cc3Oc3cc(OP(=O)([O-])O)ccc32)c2ccccc21.OO.[NH4+].[NH4+].[NH4+].[NH4+]. The first-order valence-electron chi connectivity index (χ1n) is 37.9. The van der Waals surface area contributed by atoms with Crippen LogP contribution in [0.15, 0.2) is 248 Å². The van der Waals surface area contributed by atoms with Gasteiger partial charge < -0.3 is 111 Å². The molecule has 0 saturated heterocycles. The van der Waals surface area contributed by atoms with E-state index in [2.05, 4.69) is 30.1 Å². The number of nitrogens with zero attached hydrogens (tertiary/aromatic N) is 5. The Balaban J connectivity index is 0.000000187. The number of quaternary nitrogens is 4. The molecular weight excluding hydrogens is 1940 g/mol. The number of esters is 5. The number of rotatable bonds is 6. The average molecular weight is 2020 g/mol. The molecule has 3 atom stereocenters. The Morgan fingerprint density at radius 1 is 0.426 bits per heavy atom. The number of aryl methyl sites for hydroxylation is 3. The number of phosphoric ester groups is 2. The molecule has 0 saturated carbocycles. The lowest BCUT2D eigenvalue weighted by atomic mass is 9.77. The number of phenols is 3. The van der Waals surface area contributed by atoms with Crippen LogP contribution in [-0.2, 0) is 49.7 Å². The van der Waals surface area contributed by atoms with Crippen LogP contribution in [-0.4, -0.2) is 97.7 Å². The monoisotopic (exact) mass is 2020 g/mol. The predicted molar refractivity (Wildman–Crippen MR) is 495 cm³/mol. The highest BCUT2D eigenvalue weighted by Gasteiger charge is 2.57.